The lowest BCUT2D eigenvalue weighted by atomic mass is 9.91. The van der Waals surface area contributed by atoms with E-state index in [0.717, 1.165) is 6.42 Å². The van der Waals surface area contributed by atoms with Gasteiger partial charge in [-0.25, -0.2) is 4.98 Å². The molecule has 4 nitrogen and oxygen atoms in total. The highest BCUT2D eigenvalue weighted by Crippen LogP contribution is 2.32. The first-order valence-electron chi connectivity index (χ1n) is 5.25. The summed E-state index contributed by atoms with van der Waals surface area (Å²) < 4.78 is 5.11. The molecule has 0 spiro atoms. The van der Waals surface area contributed by atoms with Crippen LogP contribution in [0.15, 0.2) is 12.4 Å². The number of methoxy groups -OCH3 is 1. The van der Waals surface area contributed by atoms with Crippen LogP contribution in [-0.2, 0) is 5.60 Å². The second-order valence-corrected chi connectivity index (χ2v) is 3.55. The number of hydrogen-bond acceptors (Lipinski definition) is 4. The summed E-state index contributed by atoms with van der Waals surface area (Å²) in [4.78, 5) is 8.22. The van der Waals surface area contributed by atoms with Crippen LogP contribution in [0.1, 0.15) is 38.8 Å². The predicted octanol–water partition coefficient (Wildman–Crippen LogP) is 1.88. The molecule has 0 amide bonds. The Bertz CT molecular complexity index is 317. The highest BCUT2D eigenvalue weighted by Gasteiger charge is 2.31. The molecule has 1 heterocycles. The van der Waals surface area contributed by atoms with Crippen molar-refractivity contribution in [2.45, 2.75) is 38.7 Å². The molecule has 1 unspecified atom stereocenters. The third kappa shape index (κ3) is 2.45. The molecule has 0 saturated carbocycles. The zero-order valence-electron chi connectivity index (χ0n) is 9.53. The Balaban J connectivity index is 3.10. The van der Waals surface area contributed by atoms with Gasteiger partial charge in [0.25, 0.3) is 0 Å². The van der Waals surface area contributed by atoms with Crippen LogP contribution < -0.4 is 4.74 Å². The van der Waals surface area contributed by atoms with Gasteiger partial charge in [0.15, 0.2) is 0 Å². The van der Waals surface area contributed by atoms with E-state index < -0.39 is 5.60 Å². The average Bonchev–Trinajstić information content (AvgIpc) is 2.29. The summed E-state index contributed by atoms with van der Waals surface area (Å²) in [5.41, 5.74) is -0.384. The molecule has 0 aromatic carbocycles. The zero-order valence-corrected chi connectivity index (χ0v) is 9.53. The van der Waals surface area contributed by atoms with Crippen molar-refractivity contribution in [3.63, 3.8) is 0 Å². The standard InChI is InChI=1S/C11H18N2O2/c1-4-6-11(14,5-2)9-10(15-3)13-8-7-12-9/h7-8,14H,4-6H2,1-3H3. The van der Waals surface area contributed by atoms with Crippen LogP contribution in [0.3, 0.4) is 0 Å². The van der Waals surface area contributed by atoms with Crippen LogP contribution in [0.5, 0.6) is 5.88 Å². The molecule has 0 saturated heterocycles. The Hall–Kier alpha value is -1.16. The number of hydrogen-bond donors (Lipinski definition) is 1. The molecule has 1 atom stereocenters. The summed E-state index contributed by atoms with van der Waals surface area (Å²) in [7, 11) is 1.54. The van der Waals surface area contributed by atoms with E-state index in [1.807, 2.05) is 13.8 Å². The van der Waals surface area contributed by atoms with Crippen LogP contribution in [0.25, 0.3) is 0 Å². The van der Waals surface area contributed by atoms with E-state index in [1.54, 1.807) is 12.4 Å². The van der Waals surface area contributed by atoms with E-state index in [2.05, 4.69) is 9.97 Å². The van der Waals surface area contributed by atoms with Crippen molar-refractivity contribution in [2.75, 3.05) is 7.11 Å². The van der Waals surface area contributed by atoms with Crippen molar-refractivity contribution in [2.24, 2.45) is 0 Å². The van der Waals surface area contributed by atoms with E-state index in [1.165, 1.54) is 7.11 Å². The highest BCUT2D eigenvalue weighted by atomic mass is 16.5. The first kappa shape index (κ1) is 11.9. The molecule has 1 rings (SSSR count). The maximum Gasteiger partial charge on any atom is 0.238 e. The highest BCUT2D eigenvalue weighted by molar-refractivity contribution is 5.24. The predicted molar refractivity (Wildman–Crippen MR) is 57.7 cm³/mol. The summed E-state index contributed by atoms with van der Waals surface area (Å²) >= 11 is 0. The Labute approximate surface area is 90.3 Å². The van der Waals surface area contributed by atoms with Gasteiger partial charge in [0.2, 0.25) is 5.88 Å². The molecule has 1 aromatic heterocycles. The fourth-order valence-electron chi connectivity index (χ4n) is 1.67. The molecule has 1 aromatic rings. The maximum atomic E-state index is 10.4. The molecular formula is C11H18N2O2. The smallest absolute Gasteiger partial charge is 0.238 e. The van der Waals surface area contributed by atoms with Gasteiger partial charge in [-0.05, 0) is 12.8 Å². The Morgan fingerprint density at radius 3 is 2.53 bits per heavy atom. The lowest BCUT2D eigenvalue weighted by Gasteiger charge is -2.26. The summed E-state index contributed by atoms with van der Waals surface area (Å²) in [6.45, 7) is 3.97. The van der Waals surface area contributed by atoms with Gasteiger partial charge in [0.05, 0.1) is 7.11 Å². The number of nitrogens with zero attached hydrogens (tertiary/aromatic N) is 2. The lowest BCUT2D eigenvalue weighted by molar-refractivity contribution is 0.0152. The third-order valence-electron chi connectivity index (χ3n) is 2.55. The fourth-order valence-corrected chi connectivity index (χ4v) is 1.67. The van der Waals surface area contributed by atoms with Crippen LogP contribution in [0, 0.1) is 0 Å². The van der Waals surface area contributed by atoms with Crippen LogP contribution >= 0.6 is 0 Å². The van der Waals surface area contributed by atoms with Gasteiger partial charge in [-0.15, -0.1) is 0 Å². The molecule has 0 bridgehead atoms. The van der Waals surface area contributed by atoms with E-state index >= 15 is 0 Å². The molecule has 0 fully saturated rings. The van der Waals surface area contributed by atoms with Crippen molar-refractivity contribution >= 4 is 0 Å². The first-order chi connectivity index (χ1) is 7.18. The van der Waals surface area contributed by atoms with E-state index in [9.17, 15) is 5.11 Å². The topological polar surface area (TPSA) is 55.2 Å². The lowest BCUT2D eigenvalue weighted by Crippen LogP contribution is -2.26. The average molecular weight is 210 g/mol. The van der Waals surface area contributed by atoms with Gasteiger partial charge in [-0.3, -0.25) is 4.98 Å². The summed E-state index contributed by atoms with van der Waals surface area (Å²) in [5, 5.41) is 10.4. The monoisotopic (exact) mass is 210 g/mol. The van der Waals surface area contributed by atoms with Crippen molar-refractivity contribution < 1.29 is 9.84 Å². The second kappa shape index (κ2) is 5.07. The second-order valence-electron chi connectivity index (χ2n) is 3.55. The Morgan fingerprint density at radius 2 is 2.00 bits per heavy atom. The fraction of sp³-hybridized carbons (Fsp3) is 0.636. The summed E-state index contributed by atoms with van der Waals surface area (Å²) in [5.74, 6) is 0.412. The molecule has 4 heteroatoms. The molecule has 84 valence electrons. The molecule has 0 aliphatic carbocycles. The van der Waals surface area contributed by atoms with Crippen molar-refractivity contribution in [1.29, 1.82) is 0 Å². The minimum atomic E-state index is -0.922. The summed E-state index contributed by atoms with van der Waals surface area (Å²) in [6.07, 6.45) is 5.30. The zero-order chi connectivity index (χ0) is 11.3. The minimum absolute atomic E-state index is 0.412. The minimum Gasteiger partial charge on any atom is -0.480 e. The quantitative estimate of drug-likeness (QED) is 0.806. The Kier molecular flexibility index (Phi) is 4.03. The molecule has 1 N–H and O–H groups in total. The van der Waals surface area contributed by atoms with E-state index in [4.69, 9.17) is 4.74 Å². The van der Waals surface area contributed by atoms with Gasteiger partial charge in [-0.1, -0.05) is 20.3 Å². The maximum absolute atomic E-state index is 10.4. The first-order valence-corrected chi connectivity index (χ1v) is 5.25. The van der Waals surface area contributed by atoms with Gasteiger partial charge in [0.1, 0.15) is 11.3 Å². The molecule has 0 aliphatic rings. The van der Waals surface area contributed by atoms with Gasteiger partial charge in [-0.2, -0.15) is 0 Å². The van der Waals surface area contributed by atoms with Gasteiger partial charge < -0.3 is 9.84 Å². The number of aromatic nitrogens is 2. The summed E-state index contributed by atoms with van der Waals surface area (Å²) in [6, 6.07) is 0. The molecule has 0 aliphatic heterocycles. The van der Waals surface area contributed by atoms with Crippen molar-refractivity contribution in [3.8, 4) is 5.88 Å². The molecule has 0 radical (unpaired) electrons. The van der Waals surface area contributed by atoms with Crippen LogP contribution in [0.4, 0.5) is 0 Å². The largest absolute Gasteiger partial charge is 0.480 e. The van der Waals surface area contributed by atoms with Crippen LogP contribution in [-0.4, -0.2) is 22.2 Å². The van der Waals surface area contributed by atoms with Gasteiger partial charge in [0, 0.05) is 12.4 Å². The molecular weight excluding hydrogens is 192 g/mol. The number of rotatable bonds is 5. The van der Waals surface area contributed by atoms with Crippen molar-refractivity contribution in [1.82, 2.24) is 9.97 Å². The molecule has 15 heavy (non-hydrogen) atoms. The van der Waals surface area contributed by atoms with Gasteiger partial charge >= 0.3 is 0 Å². The third-order valence-corrected chi connectivity index (χ3v) is 2.55. The number of ether oxygens (including phenoxy) is 1. The van der Waals surface area contributed by atoms with E-state index in [0.29, 0.717) is 24.4 Å². The SMILES string of the molecule is CCCC(O)(CC)c1nccnc1OC. The van der Waals surface area contributed by atoms with Crippen molar-refractivity contribution in [3.05, 3.63) is 18.1 Å². The Morgan fingerprint density at radius 1 is 1.33 bits per heavy atom. The van der Waals surface area contributed by atoms with Crippen LogP contribution in [0.2, 0.25) is 0 Å². The normalized spacial score (nSPS) is 14.7. The number of aliphatic hydroxyl groups is 1. The van der Waals surface area contributed by atoms with E-state index in [-0.39, 0.29) is 0 Å².